The van der Waals surface area contributed by atoms with E-state index in [-0.39, 0.29) is 17.3 Å². The van der Waals surface area contributed by atoms with E-state index in [1.165, 1.54) is 7.11 Å². The highest BCUT2D eigenvalue weighted by molar-refractivity contribution is 5.71. The van der Waals surface area contributed by atoms with Gasteiger partial charge in [0, 0.05) is 0 Å². The van der Waals surface area contributed by atoms with Crippen molar-refractivity contribution in [2.24, 2.45) is 11.3 Å². The zero-order valence-corrected chi connectivity index (χ0v) is 8.10. The number of hydrogen-bond donors (Lipinski definition) is 0. The molecule has 0 fully saturated rings. The second-order valence-electron chi connectivity index (χ2n) is 4.19. The van der Waals surface area contributed by atoms with Gasteiger partial charge in [-0.15, -0.1) is 0 Å². The van der Waals surface area contributed by atoms with Gasteiger partial charge >= 0.3 is 5.97 Å². The largest absolute Gasteiger partial charge is 0.469 e. The van der Waals surface area contributed by atoms with Gasteiger partial charge in [-0.2, -0.15) is 0 Å². The van der Waals surface area contributed by atoms with Gasteiger partial charge in [-0.25, -0.2) is 0 Å². The van der Waals surface area contributed by atoms with Crippen LogP contribution in [0.15, 0.2) is 0 Å². The third-order valence-corrected chi connectivity index (χ3v) is 1.52. The molecular formula is C9H18O2. The average Bonchev–Trinajstić information content (AvgIpc) is 1.82. The Kier molecular flexibility index (Phi) is 3.56. The molecule has 0 saturated carbocycles. The summed E-state index contributed by atoms with van der Waals surface area (Å²) in [4.78, 5) is 11.0. The van der Waals surface area contributed by atoms with Crippen LogP contribution in [0.4, 0.5) is 0 Å². The smallest absolute Gasteiger partial charge is 0.308 e. The predicted octanol–water partition coefficient (Wildman–Crippen LogP) is 2.23. The maximum Gasteiger partial charge on any atom is 0.308 e. The third-order valence-electron chi connectivity index (χ3n) is 1.52. The first-order valence-electron chi connectivity index (χ1n) is 3.94. The molecule has 0 rings (SSSR count). The van der Waals surface area contributed by atoms with Crippen LogP contribution in [0.5, 0.6) is 0 Å². The lowest BCUT2D eigenvalue weighted by Gasteiger charge is -2.21. The van der Waals surface area contributed by atoms with Crippen LogP contribution in [0.3, 0.4) is 0 Å². The van der Waals surface area contributed by atoms with Gasteiger partial charge in [0.15, 0.2) is 0 Å². The number of methoxy groups -OCH3 is 1. The van der Waals surface area contributed by atoms with Crippen LogP contribution in [0.2, 0.25) is 0 Å². The Hall–Kier alpha value is -0.530. The van der Waals surface area contributed by atoms with Gasteiger partial charge in [0.2, 0.25) is 0 Å². The zero-order chi connectivity index (χ0) is 9.07. The van der Waals surface area contributed by atoms with Crippen LogP contribution in [-0.4, -0.2) is 13.1 Å². The maximum atomic E-state index is 11.0. The van der Waals surface area contributed by atoms with Gasteiger partial charge < -0.3 is 4.74 Å². The molecule has 11 heavy (non-hydrogen) atoms. The minimum Gasteiger partial charge on any atom is -0.469 e. The van der Waals surface area contributed by atoms with Gasteiger partial charge in [0.25, 0.3) is 0 Å². The maximum absolute atomic E-state index is 11.0. The van der Waals surface area contributed by atoms with E-state index in [1.807, 2.05) is 6.92 Å². The number of esters is 1. The Morgan fingerprint density at radius 3 is 2.18 bits per heavy atom. The zero-order valence-electron chi connectivity index (χ0n) is 8.10. The molecule has 0 saturated heterocycles. The Bertz CT molecular complexity index is 133. The van der Waals surface area contributed by atoms with E-state index in [9.17, 15) is 4.79 Å². The van der Waals surface area contributed by atoms with Gasteiger partial charge in [-0.3, -0.25) is 4.79 Å². The first kappa shape index (κ1) is 10.5. The molecule has 0 aliphatic carbocycles. The molecule has 0 aliphatic rings. The molecule has 0 amide bonds. The molecule has 0 heterocycles. The monoisotopic (exact) mass is 158 g/mol. The number of rotatable bonds is 2. The highest BCUT2D eigenvalue weighted by Gasteiger charge is 2.20. The van der Waals surface area contributed by atoms with E-state index in [0.717, 1.165) is 6.42 Å². The summed E-state index contributed by atoms with van der Waals surface area (Å²) in [6.07, 6.45) is 0.875. The minimum atomic E-state index is -0.111. The topological polar surface area (TPSA) is 26.3 Å². The number of carbonyl (C=O) groups is 1. The summed E-state index contributed by atoms with van der Waals surface area (Å²) in [5.74, 6) is -0.0973. The third kappa shape index (κ3) is 4.82. The van der Waals surface area contributed by atoms with Gasteiger partial charge in [0.1, 0.15) is 0 Å². The molecule has 1 atom stereocenters. The van der Waals surface area contributed by atoms with Crippen LogP contribution >= 0.6 is 0 Å². The molecule has 0 aromatic heterocycles. The van der Waals surface area contributed by atoms with Crippen LogP contribution in [0, 0.1) is 11.3 Å². The van der Waals surface area contributed by atoms with Crippen LogP contribution in [-0.2, 0) is 9.53 Å². The van der Waals surface area contributed by atoms with Crippen molar-refractivity contribution in [1.82, 2.24) is 0 Å². The average molecular weight is 158 g/mol. The summed E-state index contributed by atoms with van der Waals surface area (Å²) in [5, 5.41) is 0. The Balaban J connectivity index is 3.87. The Morgan fingerprint density at radius 2 is 1.91 bits per heavy atom. The lowest BCUT2D eigenvalue weighted by molar-refractivity contribution is -0.145. The summed E-state index contributed by atoms with van der Waals surface area (Å²) in [7, 11) is 1.43. The van der Waals surface area contributed by atoms with Gasteiger partial charge in [-0.1, -0.05) is 27.7 Å². The Labute approximate surface area is 68.9 Å². The first-order valence-corrected chi connectivity index (χ1v) is 3.94. The summed E-state index contributed by atoms with van der Waals surface area (Å²) in [6.45, 7) is 8.25. The molecular weight excluding hydrogens is 140 g/mol. The van der Waals surface area contributed by atoms with E-state index in [4.69, 9.17) is 0 Å². The van der Waals surface area contributed by atoms with Crippen molar-refractivity contribution in [3.8, 4) is 0 Å². The van der Waals surface area contributed by atoms with Crippen LogP contribution in [0.1, 0.15) is 34.1 Å². The molecule has 0 bridgehead atoms. The van der Waals surface area contributed by atoms with Gasteiger partial charge in [0.05, 0.1) is 13.0 Å². The molecule has 0 N–H and O–H groups in total. The van der Waals surface area contributed by atoms with Crippen molar-refractivity contribution in [3.05, 3.63) is 0 Å². The van der Waals surface area contributed by atoms with Crippen molar-refractivity contribution in [2.45, 2.75) is 34.1 Å². The van der Waals surface area contributed by atoms with Crippen molar-refractivity contribution < 1.29 is 9.53 Å². The molecule has 0 aromatic rings. The lowest BCUT2D eigenvalue weighted by atomic mass is 9.85. The number of hydrogen-bond acceptors (Lipinski definition) is 2. The van der Waals surface area contributed by atoms with E-state index >= 15 is 0 Å². The Morgan fingerprint density at radius 1 is 1.45 bits per heavy atom. The number of ether oxygens (including phenoxy) is 1. The molecule has 2 heteroatoms. The van der Waals surface area contributed by atoms with Gasteiger partial charge in [-0.05, 0) is 11.8 Å². The lowest BCUT2D eigenvalue weighted by Crippen LogP contribution is -2.19. The standard InChI is InChI=1S/C9H18O2/c1-7(8(10)11-5)6-9(2,3)4/h7H,6H2,1-5H3/t7-/m0/s1. The molecule has 0 spiro atoms. The molecule has 0 unspecified atom stereocenters. The summed E-state index contributed by atoms with van der Waals surface area (Å²) < 4.78 is 4.62. The van der Waals surface area contributed by atoms with Crippen LogP contribution < -0.4 is 0 Å². The molecule has 66 valence electrons. The van der Waals surface area contributed by atoms with E-state index in [0.29, 0.717) is 0 Å². The molecule has 0 aliphatic heterocycles. The molecule has 0 radical (unpaired) electrons. The van der Waals surface area contributed by atoms with E-state index < -0.39 is 0 Å². The fraction of sp³-hybridized carbons (Fsp3) is 0.889. The van der Waals surface area contributed by atoms with Crippen molar-refractivity contribution in [2.75, 3.05) is 7.11 Å². The fourth-order valence-electron chi connectivity index (χ4n) is 1.20. The summed E-state index contributed by atoms with van der Waals surface area (Å²) >= 11 is 0. The fourth-order valence-corrected chi connectivity index (χ4v) is 1.20. The number of carbonyl (C=O) groups excluding carboxylic acids is 1. The van der Waals surface area contributed by atoms with E-state index in [1.54, 1.807) is 0 Å². The first-order chi connectivity index (χ1) is 4.87. The highest BCUT2D eigenvalue weighted by atomic mass is 16.5. The minimum absolute atomic E-state index is 0.0139. The molecule has 0 aromatic carbocycles. The SMILES string of the molecule is COC(=O)[C@@H](C)CC(C)(C)C. The normalized spacial score (nSPS) is 14.3. The predicted molar refractivity (Wildman–Crippen MR) is 45.3 cm³/mol. The summed E-state index contributed by atoms with van der Waals surface area (Å²) in [5.41, 5.74) is 0.202. The molecule has 2 nitrogen and oxygen atoms in total. The van der Waals surface area contributed by atoms with Crippen LogP contribution in [0.25, 0.3) is 0 Å². The second-order valence-corrected chi connectivity index (χ2v) is 4.19. The van der Waals surface area contributed by atoms with Crippen molar-refractivity contribution in [3.63, 3.8) is 0 Å². The van der Waals surface area contributed by atoms with Crippen molar-refractivity contribution >= 4 is 5.97 Å². The summed E-state index contributed by atoms with van der Waals surface area (Å²) in [6, 6.07) is 0. The highest BCUT2D eigenvalue weighted by Crippen LogP contribution is 2.24. The second kappa shape index (κ2) is 3.74. The quantitative estimate of drug-likeness (QED) is 0.576. The van der Waals surface area contributed by atoms with E-state index in [2.05, 4.69) is 25.5 Å². The van der Waals surface area contributed by atoms with Crippen molar-refractivity contribution in [1.29, 1.82) is 0 Å².